The van der Waals surface area contributed by atoms with Crippen molar-refractivity contribution in [3.05, 3.63) is 18.2 Å². The zero-order chi connectivity index (χ0) is 17.7. The van der Waals surface area contributed by atoms with E-state index in [0.29, 0.717) is 36.1 Å². The average molecular weight is 334 g/mol. The Balaban J connectivity index is 1.85. The number of amides is 2. The molecular weight excluding hydrogens is 308 g/mol. The highest BCUT2D eigenvalue weighted by Crippen LogP contribution is 2.40. The van der Waals surface area contributed by atoms with Crippen LogP contribution < -0.4 is 20.1 Å². The average Bonchev–Trinajstić information content (AvgIpc) is 3.35. The zero-order valence-corrected chi connectivity index (χ0v) is 14.7. The Morgan fingerprint density at radius 3 is 2.42 bits per heavy atom. The lowest BCUT2D eigenvalue weighted by molar-refractivity contribution is -0.125. The summed E-state index contributed by atoms with van der Waals surface area (Å²) >= 11 is 0. The normalized spacial score (nSPS) is 18.9. The molecule has 2 rings (SSSR count). The fourth-order valence-electron chi connectivity index (χ4n) is 2.54. The van der Waals surface area contributed by atoms with Gasteiger partial charge in [0.25, 0.3) is 0 Å². The van der Waals surface area contributed by atoms with Gasteiger partial charge < -0.3 is 20.1 Å². The molecule has 1 aromatic rings. The molecule has 6 heteroatoms. The second-order valence-electron chi connectivity index (χ2n) is 6.48. The Morgan fingerprint density at radius 1 is 1.12 bits per heavy atom. The van der Waals surface area contributed by atoms with Crippen LogP contribution in [0, 0.1) is 17.8 Å². The van der Waals surface area contributed by atoms with E-state index in [0.717, 1.165) is 6.42 Å². The summed E-state index contributed by atoms with van der Waals surface area (Å²) in [5.74, 6) is 1.08. The molecule has 1 fully saturated rings. The molecule has 1 aliphatic carbocycles. The first kappa shape index (κ1) is 18.1. The first-order chi connectivity index (χ1) is 11.5. The third-order valence-corrected chi connectivity index (χ3v) is 4.14. The Kier molecular flexibility index (Phi) is 6.06. The van der Waals surface area contributed by atoms with E-state index in [1.165, 1.54) is 0 Å². The van der Waals surface area contributed by atoms with Crippen LogP contribution in [0.5, 0.6) is 11.5 Å². The Hall–Kier alpha value is -2.24. The number of nitrogens with one attached hydrogen (secondary N) is 2. The fourth-order valence-corrected chi connectivity index (χ4v) is 2.54. The molecule has 1 aliphatic rings. The van der Waals surface area contributed by atoms with E-state index in [9.17, 15) is 9.59 Å². The number of methoxy groups -OCH3 is 2. The van der Waals surface area contributed by atoms with Crippen molar-refractivity contribution in [2.75, 3.05) is 26.1 Å². The molecule has 0 saturated heterocycles. The predicted octanol–water partition coefficient (Wildman–Crippen LogP) is 2.44. The Bertz CT molecular complexity index is 601. The fraction of sp³-hybridized carbons (Fsp3) is 0.556. The van der Waals surface area contributed by atoms with Gasteiger partial charge in [0.1, 0.15) is 0 Å². The van der Waals surface area contributed by atoms with E-state index < -0.39 is 0 Å². The summed E-state index contributed by atoms with van der Waals surface area (Å²) in [4.78, 5) is 24.3. The van der Waals surface area contributed by atoms with E-state index >= 15 is 0 Å². The summed E-state index contributed by atoms with van der Waals surface area (Å²) in [5.41, 5.74) is 0.628. The Morgan fingerprint density at radius 2 is 1.79 bits per heavy atom. The standard InChI is InChI=1S/C18H26N2O4/c1-11(2)7-8-19-17(21)13-10-14(13)18(22)20-12-5-6-15(23-3)16(9-12)24-4/h5-6,9,11,13-14H,7-8,10H2,1-4H3,(H,19,21)(H,20,22). The van der Waals surface area contributed by atoms with Gasteiger partial charge in [0.05, 0.1) is 26.1 Å². The molecule has 0 spiro atoms. The summed E-state index contributed by atoms with van der Waals surface area (Å²) in [5, 5.41) is 5.74. The van der Waals surface area contributed by atoms with Crippen LogP contribution in [0.15, 0.2) is 18.2 Å². The molecule has 2 amide bonds. The maximum atomic E-state index is 12.3. The minimum absolute atomic E-state index is 0.0249. The highest BCUT2D eigenvalue weighted by molar-refractivity contribution is 5.99. The lowest BCUT2D eigenvalue weighted by Crippen LogP contribution is -2.28. The molecule has 24 heavy (non-hydrogen) atoms. The zero-order valence-electron chi connectivity index (χ0n) is 14.7. The van der Waals surface area contributed by atoms with Gasteiger partial charge in [-0.05, 0) is 30.9 Å². The van der Waals surface area contributed by atoms with Gasteiger partial charge in [0.15, 0.2) is 11.5 Å². The molecular formula is C18H26N2O4. The van der Waals surface area contributed by atoms with Gasteiger partial charge in [-0.15, -0.1) is 0 Å². The minimum atomic E-state index is -0.253. The molecule has 2 atom stereocenters. The van der Waals surface area contributed by atoms with Crippen molar-refractivity contribution in [3.63, 3.8) is 0 Å². The Labute approximate surface area is 142 Å². The van der Waals surface area contributed by atoms with Crippen molar-refractivity contribution in [2.24, 2.45) is 17.8 Å². The molecule has 2 unspecified atom stereocenters. The van der Waals surface area contributed by atoms with Crippen molar-refractivity contribution >= 4 is 17.5 Å². The van der Waals surface area contributed by atoms with E-state index in [-0.39, 0.29) is 23.7 Å². The lowest BCUT2D eigenvalue weighted by atomic mass is 10.1. The topological polar surface area (TPSA) is 76.7 Å². The van der Waals surface area contributed by atoms with Crippen LogP contribution in [0.3, 0.4) is 0 Å². The van der Waals surface area contributed by atoms with Gasteiger partial charge in [0.2, 0.25) is 11.8 Å². The molecule has 0 radical (unpaired) electrons. The minimum Gasteiger partial charge on any atom is -0.493 e. The quantitative estimate of drug-likeness (QED) is 0.765. The van der Waals surface area contributed by atoms with Crippen LogP contribution in [0.1, 0.15) is 26.7 Å². The summed E-state index contributed by atoms with van der Waals surface area (Å²) in [6.45, 7) is 4.89. The molecule has 6 nitrogen and oxygen atoms in total. The molecule has 1 saturated carbocycles. The summed E-state index contributed by atoms with van der Waals surface area (Å²) in [6, 6.07) is 5.19. The van der Waals surface area contributed by atoms with Crippen LogP contribution in [-0.4, -0.2) is 32.6 Å². The maximum Gasteiger partial charge on any atom is 0.228 e. The van der Waals surface area contributed by atoms with Crippen LogP contribution in [-0.2, 0) is 9.59 Å². The number of hydrogen-bond donors (Lipinski definition) is 2. The van der Waals surface area contributed by atoms with E-state index in [2.05, 4.69) is 24.5 Å². The van der Waals surface area contributed by atoms with Gasteiger partial charge in [-0.25, -0.2) is 0 Å². The SMILES string of the molecule is COc1ccc(NC(=O)C2CC2C(=O)NCCC(C)C)cc1OC. The van der Waals surface area contributed by atoms with Gasteiger partial charge >= 0.3 is 0 Å². The summed E-state index contributed by atoms with van der Waals surface area (Å²) < 4.78 is 10.4. The van der Waals surface area contributed by atoms with Gasteiger partial charge in [-0.3, -0.25) is 9.59 Å². The lowest BCUT2D eigenvalue weighted by Gasteiger charge is -2.10. The van der Waals surface area contributed by atoms with Crippen LogP contribution in [0.2, 0.25) is 0 Å². The molecule has 1 aromatic carbocycles. The molecule has 0 aliphatic heterocycles. The smallest absolute Gasteiger partial charge is 0.228 e. The van der Waals surface area contributed by atoms with E-state index in [1.54, 1.807) is 32.4 Å². The second-order valence-corrected chi connectivity index (χ2v) is 6.48. The highest BCUT2D eigenvalue weighted by atomic mass is 16.5. The third kappa shape index (κ3) is 4.63. The van der Waals surface area contributed by atoms with Gasteiger partial charge in [0, 0.05) is 18.3 Å². The molecule has 0 aromatic heterocycles. The number of ether oxygens (including phenoxy) is 2. The number of rotatable bonds is 8. The van der Waals surface area contributed by atoms with Crippen molar-refractivity contribution < 1.29 is 19.1 Å². The van der Waals surface area contributed by atoms with Crippen LogP contribution in [0.25, 0.3) is 0 Å². The molecule has 0 heterocycles. The first-order valence-electron chi connectivity index (χ1n) is 8.26. The summed E-state index contributed by atoms with van der Waals surface area (Å²) in [7, 11) is 3.10. The van der Waals surface area contributed by atoms with Crippen LogP contribution in [0.4, 0.5) is 5.69 Å². The number of anilines is 1. The van der Waals surface area contributed by atoms with E-state index in [1.807, 2.05) is 0 Å². The van der Waals surface area contributed by atoms with E-state index in [4.69, 9.17) is 9.47 Å². The first-order valence-corrected chi connectivity index (χ1v) is 8.26. The molecule has 132 valence electrons. The third-order valence-electron chi connectivity index (χ3n) is 4.14. The second kappa shape index (κ2) is 8.04. The highest BCUT2D eigenvalue weighted by Gasteiger charge is 2.47. The predicted molar refractivity (Wildman–Crippen MR) is 92.2 cm³/mol. The number of carbonyl (C=O) groups is 2. The summed E-state index contributed by atoms with van der Waals surface area (Å²) in [6.07, 6.45) is 1.55. The number of benzene rings is 1. The number of carbonyl (C=O) groups excluding carboxylic acids is 2. The van der Waals surface area contributed by atoms with Crippen molar-refractivity contribution in [3.8, 4) is 11.5 Å². The monoisotopic (exact) mass is 334 g/mol. The molecule has 0 bridgehead atoms. The van der Waals surface area contributed by atoms with Crippen molar-refractivity contribution in [1.29, 1.82) is 0 Å². The van der Waals surface area contributed by atoms with Crippen molar-refractivity contribution in [1.82, 2.24) is 5.32 Å². The molecule has 2 N–H and O–H groups in total. The van der Waals surface area contributed by atoms with Gasteiger partial charge in [-0.1, -0.05) is 13.8 Å². The van der Waals surface area contributed by atoms with Crippen LogP contribution >= 0.6 is 0 Å². The maximum absolute atomic E-state index is 12.3. The van der Waals surface area contributed by atoms with Gasteiger partial charge in [-0.2, -0.15) is 0 Å². The number of hydrogen-bond acceptors (Lipinski definition) is 4. The van der Waals surface area contributed by atoms with Crippen molar-refractivity contribution in [2.45, 2.75) is 26.7 Å². The largest absolute Gasteiger partial charge is 0.493 e.